The molecule has 0 saturated heterocycles. The van der Waals surface area contributed by atoms with Gasteiger partial charge in [0.2, 0.25) is 0 Å². The smallest absolute Gasteiger partial charge is 0.180 e. The number of sulfone groups is 1. The molecule has 1 aromatic carbocycles. The van der Waals surface area contributed by atoms with Crippen molar-refractivity contribution in [3.05, 3.63) is 29.3 Å². The molecule has 0 heterocycles. The maximum atomic E-state index is 11.8. The molecular weight excluding hydrogens is 271 g/mol. The maximum absolute atomic E-state index is 11.8. The zero-order valence-corrected chi connectivity index (χ0v) is 10.9. The standard InChI is InChI=1S/C10H12Cl2O3S/c11-4-5-15-6-7-16(13,14)10-3-1-2-9(12)8-10/h1-3,8H,4-7H2. The van der Waals surface area contributed by atoms with Crippen LogP contribution in [-0.2, 0) is 14.6 Å². The van der Waals surface area contributed by atoms with Crippen molar-refractivity contribution in [1.29, 1.82) is 0 Å². The summed E-state index contributed by atoms with van der Waals surface area (Å²) in [5.74, 6) is 0.293. The molecule has 6 heteroatoms. The van der Waals surface area contributed by atoms with E-state index in [1.165, 1.54) is 12.1 Å². The van der Waals surface area contributed by atoms with Gasteiger partial charge in [-0.05, 0) is 18.2 Å². The van der Waals surface area contributed by atoms with Gasteiger partial charge in [0.25, 0.3) is 0 Å². The molecule has 0 atom stereocenters. The summed E-state index contributed by atoms with van der Waals surface area (Å²) in [6.45, 7) is 0.494. The van der Waals surface area contributed by atoms with Gasteiger partial charge in [-0.3, -0.25) is 0 Å². The molecule has 16 heavy (non-hydrogen) atoms. The predicted molar refractivity (Wildman–Crippen MR) is 65.0 cm³/mol. The van der Waals surface area contributed by atoms with Gasteiger partial charge in [0.05, 0.1) is 23.9 Å². The molecule has 0 N–H and O–H groups in total. The SMILES string of the molecule is O=S(=O)(CCOCCCl)c1cccc(Cl)c1. The molecule has 0 radical (unpaired) electrons. The van der Waals surface area contributed by atoms with E-state index >= 15 is 0 Å². The van der Waals surface area contributed by atoms with E-state index < -0.39 is 9.84 Å². The van der Waals surface area contributed by atoms with Crippen molar-refractivity contribution >= 4 is 33.0 Å². The minimum absolute atomic E-state index is 0.0652. The first-order chi connectivity index (χ1) is 7.56. The lowest BCUT2D eigenvalue weighted by molar-refractivity contribution is 0.165. The number of halogens is 2. The van der Waals surface area contributed by atoms with Crippen molar-refractivity contribution in [3.8, 4) is 0 Å². The molecule has 1 rings (SSSR count). The van der Waals surface area contributed by atoms with E-state index in [1.54, 1.807) is 12.1 Å². The van der Waals surface area contributed by atoms with Gasteiger partial charge in [0.1, 0.15) is 0 Å². The van der Waals surface area contributed by atoms with Crippen molar-refractivity contribution < 1.29 is 13.2 Å². The van der Waals surface area contributed by atoms with E-state index in [1.807, 2.05) is 0 Å². The molecule has 90 valence electrons. The number of hydrogen-bond acceptors (Lipinski definition) is 3. The molecule has 3 nitrogen and oxygen atoms in total. The first-order valence-electron chi connectivity index (χ1n) is 4.68. The summed E-state index contributed by atoms with van der Waals surface area (Å²) >= 11 is 11.1. The topological polar surface area (TPSA) is 43.4 Å². The number of alkyl halides is 1. The Hall–Kier alpha value is -0.290. The predicted octanol–water partition coefficient (Wildman–Crippen LogP) is 2.37. The van der Waals surface area contributed by atoms with E-state index in [0.29, 0.717) is 17.5 Å². The Morgan fingerprint density at radius 2 is 2.00 bits per heavy atom. The van der Waals surface area contributed by atoms with Crippen molar-refractivity contribution in [2.75, 3.05) is 24.8 Å². The normalized spacial score (nSPS) is 11.6. The summed E-state index contributed by atoms with van der Waals surface area (Å²) in [5, 5.41) is 0.405. The molecule has 0 aliphatic carbocycles. The first-order valence-corrected chi connectivity index (χ1v) is 7.25. The maximum Gasteiger partial charge on any atom is 0.180 e. The van der Waals surface area contributed by atoms with E-state index in [2.05, 4.69) is 0 Å². The lowest BCUT2D eigenvalue weighted by Crippen LogP contribution is -2.13. The van der Waals surface area contributed by atoms with Crippen LogP contribution in [-0.4, -0.2) is 33.3 Å². The van der Waals surface area contributed by atoms with E-state index in [9.17, 15) is 8.42 Å². The fourth-order valence-electron chi connectivity index (χ4n) is 1.10. The van der Waals surface area contributed by atoms with Gasteiger partial charge in [-0.25, -0.2) is 8.42 Å². The molecule has 0 aromatic heterocycles. The largest absolute Gasteiger partial charge is 0.379 e. The van der Waals surface area contributed by atoms with Crippen LogP contribution < -0.4 is 0 Å². The van der Waals surface area contributed by atoms with Crippen LogP contribution in [0.5, 0.6) is 0 Å². The minimum Gasteiger partial charge on any atom is -0.379 e. The Bertz CT molecular complexity index is 431. The van der Waals surface area contributed by atoms with Crippen LogP contribution >= 0.6 is 23.2 Å². The highest BCUT2D eigenvalue weighted by Crippen LogP contribution is 2.16. The third kappa shape index (κ3) is 4.29. The van der Waals surface area contributed by atoms with Crippen molar-refractivity contribution in [2.45, 2.75) is 4.90 Å². The Balaban J connectivity index is 2.64. The van der Waals surface area contributed by atoms with E-state index in [-0.39, 0.29) is 17.3 Å². The van der Waals surface area contributed by atoms with Gasteiger partial charge in [-0.1, -0.05) is 17.7 Å². The fourth-order valence-corrected chi connectivity index (χ4v) is 2.63. The Morgan fingerprint density at radius 1 is 1.25 bits per heavy atom. The number of rotatable bonds is 6. The summed E-state index contributed by atoms with van der Waals surface area (Å²) in [7, 11) is -3.32. The van der Waals surface area contributed by atoms with Crippen LogP contribution in [0.2, 0.25) is 5.02 Å². The second-order valence-electron chi connectivity index (χ2n) is 3.08. The van der Waals surface area contributed by atoms with Crippen LogP contribution in [0.3, 0.4) is 0 Å². The molecule has 1 aromatic rings. The van der Waals surface area contributed by atoms with Crippen LogP contribution in [0.1, 0.15) is 0 Å². The van der Waals surface area contributed by atoms with E-state index in [0.717, 1.165) is 0 Å². The highest BCUT2D eigenvalue weighted by atomic mass is 35.5. The Kier molecular flexibility index (Phi) is 5.55. The highest BCUT2D eigenvalue weighted by molar-refractivity contribution is 7.91. The summed E-state index contributed by atoms with van der Waals surface area (Å²) in [6, 6.07) is 6.18. The molecule has 0 fully saturated rings. The second-order valence-corrected chi connectivity index (χ2v) is 6.00. The van der Waals surface area contributed by atoms with Crippen molar-refractivity contribution in [3.63, 3.8) is 0 Å². The lowest BCUT2D eigenvalue weighted by Gasteiger charge is -2.05. The molecule has 0 unspecified atom stereocenters. The van der Waals surface area contributed by atoms with Crippen molar-refractivity contribution in [1.82, 2.24) is 0 Å². The quantitative estimate of drug-likeness (QED) is 0.594. The van der Waals surface area contributed by atoms with Crippen LogP contribution in [0, 0.1) is 0 Å². The zero-order chi connectivity index (χ0) is 12.0. The van der Waals surface area contributed by atoms with Crippen LogP contribution in [0.4, 0.5) is 0 Å². The summed E-state index contributed by atoms with van der Waals surface area (Å²) in [4.78, 5) is 0.217. The Morgan fingerprint density at radius 3 is 2.62 bits per heavy atom. The van der Waals surface area contributed by atoms with Crippen molar-refractivity contribution in [2.24, 2.45) is 0 Å². The van der Waals surface area contributed by atoms with Gasteiger partial charge >= 0.3 is 0 Å². The lowest BCUT2D eigenvalue weighted by atomic mass is 10.4. The number of ether oxygens (including phenoxy) is 1. The van der Waals surface area contributed by atoms with Gasteiger partial charge in [-0.15, -0.1) is 11.6 Å². The number of benzene rings is 1. The van der Waals surface area contributed by atoms with Crippen LogP contribution in [0.15, 0.2) is 29.2 Å². The molecular formula is C10H12Cl2O3S. The average molecular weight is 283 g/mol. The molecule has 0 spiro atoms. The highest BCUT2D eigenvalue weighted by Gasteiger charge is 2.14. The first kappa shape index (κ1) is 13.8. The second kappa shape index (κ2) is 6.45. The zero-order valence-electron chi connectivity index (χ0n) is 8.53. The van der Waals surface area contributed by atoms with Gasteiger partial charge in [0, 0.05) is 10.9 Å². The van der Waals surface area contributed by atoms with Crippen LogP contribution in [0.25, 0.3) is 0 Å². The summed E-state index contributed by atoms with van der Waals surface area (Å²) < 4.78 is 28.6. The van der Waals surface area contributed by atoms with E-state index in [4.69, 9.17) is 27.9 Å². The molecule has 0 saturated carbocycles. The third-order valence-electron chi connectivity index (χ3n) is 1.87. The average Bonchev–Trinajstić information content (AvgIpc) is 2.24. The molecule has 0 bridgehead atoms. The Labute approximate surface area is 105 Å². The third-order valence-corrected chi connectivity index (χ3v) is 3.94. The summed E-state index contributed by atoms with van der Waals surface area (Å²) in [5.41, 5.74) is 0. The van der Waals surface area contributed by atoms with Gasteiger partial charge < -0.3 is 4.74 Å². The van der Waals surface area contributed by atoms with Gasteiger partial charge in [0.15, 0.2) is 9.84 Å². The van der Waals surface area contributed by atoms with Gasteiger partial charge in [-0.2, -0.15) is 0 Å². The molecule has 0 aliphatic rings. The number of hydrogen-bond donors (Lipinski definition) is 0. The minimum atomic E-state index is -3.32. The fraction of sp³-hybridized carbons (Fsp3) is 0.400. The monoisotopic (exact) mass is 282 g/mol. The molecule has 0 amide bonds. The summed E-state index contributed by atoms with van der Waals surface area (Å²) in [6.07, 6.45) is 0. The molecule has 0 aliphatic heterocycles.